The van der Waals surface area contributed by atoms with E-state index in [2.05, 4.69) is 5.32 Å². The van der Waals surface area contributed by atoms with Crippen LogP contribution in [0.2, 0.25) is 10.0 Å². The van der Waals surface area contributed by atoms with Crippen LogP contribution in [0.4, 0.5) is 5.13 Å². The highest BCUT2D eigenvalue weighted by molar-refractivity contribution is 7.16. The molecule has 7 heteroatoms. The topological polar surface area (TPSA) is 62.2 Å². The molecule has 2 N–H and O–H groups in total. The zero-order valence-electron chi connectivity index (χ0n) is 16.3. The molecule has 4 nitrogen and oxygen atoms in total. The van der Waals surface area contributed by atoms with Gasteiger partial charge in [0, 0.05) is 17.0 Å². The summed E-state index contributed by atoms with van der Waals surface area (Å²) >= 11 is 13.9. The first-order chi connectivity index (χ1) is 14.5. The number of nitrogens with zero attached hydrogens (tertiary/aromatic N) is 1. The number of hydrogen-bond acceptors (Lipinski definition) is 4. The third-order valence-corrected chi connectivity index (χ3v) is 7.41. The molecule has 0 radical (unpaired) electrons. The Morgan fingerprint density at radius 1 is 1.17 bits per heavy atom. The molecule has 1 aliphatic carbocycles. The van der Waals surface area contributed by atoms with Gasteiger partial charge in [0.2, 0.25) is 0 Å². The average molecular weight is 461 g/mol. The van der Waals surface area contributed by atoms with Crippen molar-refractivity contribution in [1.82, 2.24) is 4.98 Å². The SMILES string of the molecule is O=C(O)C(CNc1nc(-c2ccc(Cl)c(Cl)c2)c(C2CCC2)s1)Cc1ccccc1. The molecule has 30 heavy (non-hydrogen) atoms. The van der Waals surface area contributed by atoms with E-state index in [4.69, 9.17) is 28.2 Å². The van der Waals surface area contributed by atoms with Gasteiger partial charge in [-0.3, -0.25) is 4.79 Å². The Morgan fingerprint density at radius 2 is 1.93 bits per heavy atom. The third kappa shape index (κ3) is 4.80. The minimum atomic E-state index is -0.813. The summed E-state index contributed by atoms with van der Waals surface area (Å²) in [7, 11) is 0. The number of benzene rings is 2. The van der Waals surface area contributed by atoms with Gasteiger partial charge in [-0.1, -0.05) is 66.0 Å². The molecule has 156 valence electrons. The molecule has 2 aromatic carbocycles. The van der Waals surface area contributed by atoms with Crippen LogP contribution in [-0.4, -0.2) is 22.6 Å². The van der Waals surface area contributed by atoms with Crippen molar-refractivity contribution >= 4 is 45.6 Å². The van der Waals surface area contributed by atoms with Gasteiger partial charge in [0.15, 0.2) is 5.13 Å². The number of carbonyl (C=O) groups is 1. The normalized spacial score (nSPS) is 14.9. The lowest BCUT2D eigenvalue weighted by Crippen LogP contribution is -2.25. The van der Waals surface area contributed by atoms with E-state index in [9.17, 15) is 9.90 Å². The van der Waals surface area contributed by atoms with Gasteiger partial charge in [-0.2, -0.15) is 0 Å². The molecular formula is C23H22Cl2N2O2S. The number of anilines is 1. The Labute approximate surface area is 189 Å². The van der Waals surface area contributed by atoms with Crippen LogP contribution in [0.25, 0.3) is 11.3 Å². The van der Waals surface area contributed by atoms with E-state index in [1.54, 1.807) is 17.4 Å². The van der Waals surface area contributed by atoms with Crippen molar-refractivity contribution in [3.63, 3.8) is 0 Å². The predicted molar refractivity (Wildman–Crippen MR) is 124 cm³/mol. The van der Waals surface area contributed by atoms with Gasteiger partial charge in [0.25, 0.3) is 0 Å². The second-order valence-corrected chi connectivity index (χ2v) is 9.44. The molecule has 1 aromatic heterocycles. The van der Waals surface area contributed by atoms with E-state index in [1.807, 2.05) is 42.5 Å². The van der Waals surface area contributed by atoms with Crippen LogP contribution in [0, 0.1) is 5.92 Å². The number of aromatic nitrogens is 1. The number of thiazole rings is 1. The first-order valence-electron chi connectivity index (χ1n) is 9.98. The van der Waals surface area contributed by atoms with Crippen molar-refractivity contribution in [2.24, 2.45) is 5.92 Å². The fraction of sp³-hybridized carbons (Fsp3) is 0.304. The first-order valence-corrected chi connectivity index (χ1v) is 11.5. The van der Waals surface area contributed by atoms with Crippen LogP contribution >= 0.6 is 34.5 Å². The second kappa shape index (κ2) is 9.38. The molecule has 0 aliphatic heterocycles. The van der Waals surface area contributed by atoms with Crippen LogP contribution in [-0.2, 0) is 11.2 Å². The Morgan fingerprint density at radius 3 is 2.57 bits per heavy atom. The van der Waals surface area contributed by atoms with Crippen LogP contribution in [0.1, 0.15) is 35.6 Å². The molecule has 3 aromatic rings. The van der Waals surface area contributed by atoms with E-state index in [0.29, 0.717) is 28.9 Å². The van der Waals surface area contributed by atoms with Gasteiger partial charge in [0.1, 0.15) is 0 Å². The van der Waals surface area contributed by atoms with Gasteiger partial charge in [-0.05, 0) is 42.9 Å². The molecular weight excluding hydrogens is 439 g/mol. The highest BCUT2D eigenvalue weighted by Gasteiger charge is 2.27. The lowest BCUT2D eigenvalue weighted by molar-refractivity contribution is -0.141. The fourth-order valence-corrected chi connectivity index (χ4v) is 5.02. The highest BCUT2D eigenvalue weighted by Crippen LogP contribution is 2.46. The van der Waals surface area contributed by atoms with Crippen molar-refractivity contribution in [3.05, 3.63) is 69.0 Å². The highest BCUT2D eigenvalue weighted by atomic mass is 35.5. The Hall–Kier alpha value is -2.08. The van der Waals surface area contributed by atoms with Crippen molar-refractivity contribution in [2.45, 2.75) is 31.6 Å². The van der Waals surface area contributed by atoms with Crippen LogP contribution in [0.5, 0.6) is 0 Å². The zero-order valence-corrected chi connectivity index (χ0v) is 18.6. The van der Waals surface area contributed by atoms with Gasteiger partial charge in [-0.25, -0.2) is 4.98 Å². The van der Waals surface area contributed by atoms with Crippen molar-refractivity contribution in [2.75, 3.05) is 11.9 Å². The van der Waals surface area contributed by atoms with Gasteiger partial charge in [-0.15, -0.1) is 11.3 Å². The molecule has 1 fully saturated rings. The molecule has 1 heterocycles. The third-order valence-electron chi connectivity index (χ3n) is 5.50. The first kappa shape index (κ1) is 21.2. The minimum Gasteiger partial charge on any atom is -0.481 e. The summed E-state index contributed by atoms with van der Waals surface area (Å²) in [5, 5.41) is 14.7. The largest absolute Gasteiger partial charge is 0.481 e. The van der Waals surface area contributed by atoms with Crippen LogP contribution < -0.4 is 5.32 Å². The molecule has 1 aliphatic rings. The lowest BCUT2D eigenvalue weighted by Gasteiger charge is -2.24. The molecule has 0 bridgehead atoms. The van der Waals surface area contributed by atoms with E-state index >= 15 is 0 Å². The summed E-state index contributed by atoms with van der Waals surface area (Å²) in [6.07, 6.45) is 4.01. The second-order valence-electron chi connectivity index (χ2n) is 7.59. The Bertz CT molecular complexity index is 1030. The Kier molecular flexibility index (Phi) is 6.61. The Balaban J connectivity index is 1.54. The quantitative estimate of drug-likeness (QED) is 0.390. The van der Waals surface area contributed by atoms with E-state index < -0.39 is 11.9 Å². The smallest absolute Gasteiger partial charge is 0.308 e. The maximum Gasteiger partial charge on any atom is 0.308 e. The van der Waals surface area contributed by atoms with Crippen molar-refractivity contribution in [3.8, 4) is 11.3 Å². The van der Waals surface area contributed by atoms with Crippen molar-refractivity contribution in [1.29, 1.82) is 0 Å². The average Bonchev–Trinajstić information content (AvgIpc) is 3.10. The predicted octanol–water partition coefficient (Wildman–Crippen LogP) is 6.74. The number of aliphatic carboxylic acids is 1. The summed E-state index contributed by atoms with van der Waals surface area (Å²) in [5.41, 5.74) is 2.87. The summed E-state index contributed by atoms with van der Waals surface area (Å²) in [6.45, 7) is 0.322. The van der Waals surface area contributed by atoms with E-state index in [1.165, 1.54) is 11.3 Å². The number of halogens is 2. The van der Waals surface area contributed by atoms with Gasteiger partial charge >= 0.3 is 5.97 Å². The molecule has 0 saturated heterocycles. The molecule has 0 spiro atoms. The van der Waals surface area contributed by atoms with Crippen molar-refractivity contribution < 1.29 is 9.90 Å². The van der Waals surface area contributed by atoms with Crippen LogP contribution in [0.15, 0.2) is 48.5 Å². The summed E-state index contributed by atoms with van der Waals surface area (Å²) in [5.74, 6) is -0.842. The standard InChI is InChI=1S/C23H22Cl2N2O2S/c24-18-10-9-16(12-19(18)25)20-21(15-7-4-8-15)30-23(27-20)26-13-17(22(28)29)11-14-5-2-1-3-6-14/h1-3,5-6,9-10,12,15,17H,4,7-8,11,13H2,(H,26,27)(H,28,29). The lowest BCUT2D eigenvalue weighted by atomic mass is 9.83. The van der Waals surface area contributed by atoms with Gasteiger partial charge < -0.3 is 10.4 Å². The number of hydrogen-bond donors (Lipinski definition) is 2. The number of carboxylic acid groups (broad SMARTS) is 1. The van der Waals surface area contributed by atoms with Gasteiger partial charge in [0.05, 0.1) is 21.7 Å². The fourth-order valence-electron chi connectivity index (χ4n) is 3.56. The summed E-state index contributed by atoms with van der Waals surface area (Å²) in [4.78, 5) is 17.8. The minimum absolute atomic E-state index is 0.322. The number of nitrogens with one attached hydrogen (secondary N) is 1. The number of carboxylic acids is 1. The zero-order chi connectivity index (χ0) is 21.1. The van der Waals surface area contributed by atoms with E-state index in [-0.39, 0.29) is 0 Å². The molecule has 1 unspecified atom stereocenters. The number of rotatable bonds is 8. The monoisotopic (exact) mass is 460 g/mol. The maximum absolute atomic E-state index is 11.8. The molecule has 1 atom stereocenters. The van der Waals surface area contributed by atoms with Crippen LogP contribution in [0.3, 0.4) is 0 Å². The molecule has 4 rings (SSSR count). The maximum atomic E-state index is 11.8. The van der Waals surface area contributed by atoms with E-state index in [0.717, 1.165) is 34.8 Å². The summed E-state index contributed by atoms with van der Waals surface area (Å²) < 4.78 is 0. The molecule has 1 saturated carbocycles. The summed E-state index contributed by atoms with van der Waals surface area (Å²) in [6, 6.07) is 15.3. The molecule has 0 amide bonds.